The van der Waals surface area contributed by atoms with Crippen molar-refractivity contribution in [3.05, 3.63) is 29.8 Å². The minimum Gasteiger partial charge on any atom is -0.496 e. The van der Waals surface area contributed by atoms with Crippen LogP contribution in [0.4, 0.5) is 0 Å². The number of hydrogen-bond acceptors (Lipinski definition) is 1. The molecule has 1 aromatic carbocycles. The van der Waals surface area contributed by atoms with Gasteiger partial charge in [0.15, 0.2) is 0 Å². The molecule has 17 heavy (non-hydrogen) atoms. The van der Waals surface area contributed by atoms with Gasteiger partial charge in [-0.25, -0.2) is 0 Å². The standard InChI is InChI=1S/C15H23OP/c1-16-15-10-6-5-9-14(15)12-17-11-13-7-3-2-4-8-13/h5-6,9-10,13,17H,2-4,7-8,11-12H2,1H3. The van der Waals surface area contributed by atoms with Crippen LogP contribution in [0.25, 0.3) is 0 Å². The van der Waals surface area contributed by atoms with Crippen molar-refractivity contribution in [1.82, 2.24) is 0 Å². The Balaban J connectivity index is 1.77. The number of ether oxygens (including phenoxy) is 1. The van der Waals surface area contributed by atoms with E-state index in [0.29, 0.717) is 0 Å². The summed E-state index contributed by atoms with van der Waals surface area (Å²) in [5.41, 5.74) is 1.38. The lowest BCUT2D eigenvalue weighted by Crippen LogP contribution is -2.08. The van der Waals surface area contributed by atoms with Crippen molar-refractivity contribution in [2.24, 2.45) is 5.92 Å². The van der Waals surface area contributed by atoms with E-state index in [-0.39, 0.29) is 0 Å². The lowest BCUT2D eigenvalue weighted by atomic mass is 9.91. The van der Waals surface area contributed by atoms with E-state index in [0.717, 1.165) is 20.2 Å². The molecule has 1 unspecified atom stereocenters. The normalized spacial score (nSPS) is 17.7. The fourth-order valence-corrected chi connectivity index (χ4v) is 4.17. The van der Waals surface area contributed by atoms with Crippen molar-refractivity contribution in [1.29, 1.82) is 0 Å². The Morgan fingerprint density at radius 3 is 2.71 bits per heavy atom. The first kappa shape index (κ1) is 12.9. The van der Waals surface area contributed by atoms with Gasteiger partial charge in [-0.1, -0.05) is 50.3 Å². The van der Waals surface area contributed by atoms with E-state index >= 15 is 0 Å². The van der Waals surface area contributed by atoms with E-state index in [2.05, 4.69) is 18.2 Å². The monoisotopic (exact) mass is 250 g/mol. The Morgan fingerprint density at radius 1 is 1.18 bits per heavy atom. The molecule has 1 aromatic rings. The summed E-state index contributed by atoms with van der Waals surface area (Å²) >= 11 is 0. The van der Waals surface area contributed by atoms with Gasteiger partial charge in [0, 0.05) is 0 Å². The Labute approximate surface area is 107 Å². The molecule has 0 radical (unpaired) electrons. The van der Waals surface area contributed by atoms with Crippen LogP contribution in [0.5, 0.6) is 5.75 Å². The fraction of sp³-hybridized carbons (Fsp3) is 0.600. The van der Waals surface area contributed by atoms with Crippen LogP contribution in [-0.4, -0.2) is 13.3 Å². The van der Waals surface area contributed by atoms with Crippen LogP contribution >= 0.6 is 8.58 Å². The SMILES string of the molecule is COc1ccccc1CPCC1CCCCC1. The minimum atomic E-state index is 1.01. The first-order chi connectivity index (χ1) is 8.40. The van der Waals surface area contributed by atoms with E-state index in [9.17, 15) is 0 Å². The van der Waals surface area contributed by atoms with Crippen LogP contribution in [-0.2, 0) is 6.16 Å². The minimum absolute atomic E-state index is 1.01. The quantitative estimate of drug-likeness (QED) is 0.701. The van der Waals surface area contributed by atoms with Gasteiger partial charge in [0.2, 0.25) is 0 Å². The zero-order chi connectivity index (χ0) is 11.9. The molecule has 2 heteroatoms. The molecule has 1 saturated carbocycles. The number of rotatable bonds is 5. The molecule has 0 aliphatic heterocycles. The highest BCUT2D eigenvalue weighted by Crippen LogP contribution is 2.32. The van der Waals surface area contributed by atoms with Crippen molar-refractivity contribution in [3.8, 4) is 5.75 Å². The van der Waals surface area contributed by atoms with Gasteiger partial charge < -0.3 is 4.74 Å². The molecule has 0 heterocycles. The molecule has 1 nitrogen and oxygen atoms in total. The van der Waals surface area contributed by atoms with E-state index < -0.39 is 0 Å². The van der Waals surface area contributed by atoms with Crippen molar-refractivity contribution in [2.45, 2.75) is 38.3 Å². The average molecular weight is 250 g/mol. The summed E-state index contributed by atoms with van der Waals surface area (Å²) in [6, 6.07) is 8.43. The molecule has 0 bridgehead atoms. The van der Waals surface area contributed by atoms with Gasteiger partial charge in [0.1, 0.15) is 5.75 Å². The van der Waals surface area contributed by atoms with Gasteiger partial charge in [-0.15, -0.1) is 8.58 Å². The maximum atomic E-state index is 5.39. The highest BCUT2D eigenvalue weighted by Gasteiger charge is 2.13. The summed E-state index contributed by atoms with van der Waals surface area (Å²) in [7, 11) is 2.83. The molecule has 0 aromatic heterocycles. The molecular formula is C15H23OP. The first-order valence-electron chi connectivity index (χ1n) is 6.73. The zero-order valence-electron chi connectivity index (χ0n) is 10.7. The molecule has 0 N–H and O–H groups in total. The summed E-state index contributed by atoms with van der Waals surface area (Å²) in [4.78, 5) is 0. The molecule has 2 rings (SSSR count). The molecular weight excluding hydrogens is 227 g/mol. The van der Waals surface area contributed by atoms with Crippen molar-refractivity contribution in [2.75, 3.05) is 13.3 Å². The number of benzene rings is 1. The highest BCUT2D eigenvalue weighted by atomic mass is 31.1. The van der Waals surface area contributed by atoms with Crippen LogP contribution in [0.3, 0.4) is 0 Å². The largest absolute Gasteiger partial charge is 0.496 e. The molecule has 94 valence electrons. The van der Waals surface area contributed by atoms with Crippen LogP contribution < -0.4 is 4.74 Å². The second-order valence-corrected chi connectivity index (χ2v) is 6.21. The molecule has 1 fully saturated rings. The predicted molar refractivity (Wildman–Crippen MR) is 76.5 cm³/mol. The topological polar surface area (TPSA) is 9.23 Å². The van der Waals surface area contributed by atoms with E-state index in [4.69, 9.17) is 4.74 Å². The summed E-state index contributed by atoms with van der Waals surface area (Å²) in [6.07, 6.45) is 9.95. The van der Waals surface area contributed by atoms with Gasteiger partial charge in [-0.05, 0) is 29.9 Å². The van der Waals surface area contributed by atoms with E-state index in [1.165, 1.54) is 50.0 Å². The number of hydrogen-bond donors (Lipinski definition) is 0. The summed E-state index contributed by atoms with van der Waals surface area (Å²) in [5, 5.41) is 0. The fourth-order valence-electron chi connectivity index (χ4n) is 2.65. The first-order valence-corrected chi connectivity index (χ1v) is 8.14. The lowest BCUT2D eigenvalue weighted by molar-refractivity contribution is 0.390. The molecule has 1 aliphatic rings. The Bertz CT molecular complexity index is 331. The molecule has 1 aliphatic carbocycles. The van der Waals surface area contributed by atoms with Crippen LogP contribution in [0.2, 0.25) is 0 Å². The third-order valence-electron chi connectivity index (χ3n) is 3.67. The number of methoxy groups -OCH3 is 1. The summed E-state index contributed by atoms with van der Waals surface area (Å²) in [5.74, 6) is 2.07. The smallest absolute Gasteiger partial charge is 0.122 e. The molecule has 0 amide bonds. The molecule has 1 atom stereocenters. The summed E-state index contributed by atoms with van der Waals surface area (Å²) in [6.45, 7) is 0. The Hall–Kier alpha value is -0.550. The summed E-state index contributed by atoms with van der Waals surface area (Å²) < 4.78 is 5.39. The van der Waals surface area contributed by atoms with Gasteiger partial charge >= 0.3 is 0 Å². The van der Waals surface area contributed by atoms with Crippen LogP contribution in [0, 0.1) is 5.92 Å². The van der Waals surface area contributed by atoms with Crippen molar-refractivity contribution >= 4 is 8.58 Å². The van der Waals surface area contributed by atoms with Gasteiger partial charge in [-0.3, -0.25) is 0 Å². The second kappa shape index (κ2) is 7.01. The molecule has 0 saturated heterocycles. The Kier molecular flexibility index (Phi) is 5.32. The maximum Gasteiger partial charge on any atom is 0.122 e. The van der Waals surface area contributed by atoms with Crippen molar-refractivity contribution in [3.63, 3.8) is 0 Å². The van der Waals surface area contributed by atoms with Gasteiger partial charge in [-0.2, -0.15) is 0 Å². The van der Waals surface area contributed by atoms with Crippen LogP contribution in [0.1, 0.15) is 37.7 Å². The average Bonchev–Trinajstić information content (AvgIpc) is 2.40. The van der Waals surface area contributed by atoms with Gasteiger partial charge in [0.05, 0.1) is 7.11 Å². The maximum absolute atomic E-state index is 5.39. The second-order valence-electron chi connectivity index (χ2n) is 4.95. The molecule has 0 spiro atoms. The van der Waals surface area contributed by atoms with E-state index in [1.807, 2.05) is 6.07 Å². The lowest BCUT2D eigenvalue weighted by Gasteiger charge is -2.21. The van der Waals surface area contributed by atoms with E-state index in [1.54, 1.807) is 7.11 Å². The van der Waals surface area contributed by atoms with Gasteiger partial charge in [0.25, 0.3) is 0 Å². The zero-order valence-corrected chi connectivity index (χ0v) is 11.7. The predicted octanol–water partition coefficient (Wildman–Crippen LogP) is 4.45. The third kappa shape index (κ3) is 4.00. The van der Waals surface area contributed by atoms with Crippen molar-refractivity contribution < 1.29 is 4.74 Å². The number of para-hydroxylation sites is 1. The Morgan fingerprint density at radius 2 is 1.94 bits per heavy atom. The highest BCUT2D eigenvalue weighted by molar-refractivity contribution is 7.37. The third-order valence-corrected chi connectivity index (χ3v) is 5.16. The van der Waals surface area contributed by atoms with Crippen LogP contribution in [0.15, 0.2) is 24.3 Å².